The van der Waals surface area contributed by atoms with E-state index in [1.807, 2.05) is 4.90 Å². The summed E-state index contributed by atoms with van der Waals surface area (Å²) in [6.45, 7) is 6.49. The van der Waals surface area contributed by atoms with Gasteiger partial charge in [0.1, 0.15) is 5.69 Å². The van der Waals surface area contributed by atoms with Gasteiger partial charge >= 0.3 is 0 Å². The van der Waals surface area contributed by atoms with Crippen LogP contribution in [0.2, 0.25) is 0 Å². The maximum absolute atomic E-state index is 12.8. The van der Waals surface area contributed by atoms with E-state index in [2.05, 4.69) is 14.9 Å². The van der Waals surface area contributed by atoms with Crippen molar-refractivity contribution in [2.24, 2.45) is 5.41 Å². The summed E-state index contributed by atoms with van der Waals surface area (Å²) in [5.74, 6) is -0.0394. The summed E-state index contributed by atoms with van der Waals surface area (Å²) in [6, 6.07) is 0.612. The summed E-state index contributed by atoms with van der Waals surface area (Å²) in [5.41, 5.74) is 0.450. The Balaban J connectivity index is 1.45. The van der Waals surface area contributed by atoms with Crippen molar-refractivity contribution >= 4 is 5.91 Å². The van der Waals surface area contributed by atoms with E-state index < -0.39 is 0 Å². The summed E-state index contributed by atoms with van der Waals surface area (Å²) in [5, 5.41) is 0. The molecule has 7 heteroatoms. The monoisotopic (exact) mass is 346 g/mol. The molecular weight excluding hydrogens is 320 g/mol. The molecule has 0 radical (unpaired) electrons. The highest BCUT2D eigenvalue weighted by molar-refractivity contribution is 5.92. The molecule has 0 N–H and O–H groups in total. The van der Waals surface area contributed by atoms with Crippen LogP contribution in [0.4, 0.5) is 0 Å². The van der Waals surface area contributed by atoms with Crippen molar-refractivity contribution in [2.45, 2.75) is 25.3 Å². The Labute approximate surface area is 148 Å². The van der Waals surface area contributed by atoms with Crippen LogP contribution in [0.25, 0.3) is 0 Å². The molecule has 1 amide bonds. The van der Waals surface area contributed by atoms with E-state index in [-0.39, 0.29) is 11.3 Å². The molecular formula is C18H26N4O3. The van der Waals surface area contributed by atoms with Gasteiger partial charge in [-0.25, -0.2) is 4.98 Å². The lowest BCUT2D eigenvalue weighted by atomic mass is 9.87. The van der Waals surface area contributed by atoms with Crippen molar-refractivity contribution in [3.8, 4) is 0 Å². The van der Waals surface area contributed by atoms with Crippen LogP contribution in [0.5, 0.6) is 0 Å². The largest absolute Gasteiger partial charge is 0.381 e. The van der Waals surface area contributed by atoms with E-state index >= 15 is 0 Å². The van der Waals surface area contributed by atoms with Crippen molar-refractivity contribution in [1.29, 1.82) is 0 Å². The Morgan fingerprint density at radius 3 is 2.80 bits per heavy atom. The predicted octanol–water partition coefficient (Wildman–Crippen LogP) is 0.820. The summed E-state index contributed by atoms with van der Waals surface area (Å²) >= 11 is 0. The number of aromatic nitrogens is 2. The van der Waals surface area contributed by atoms with Gasteiger partial charge in [-0.15, -0.1) is 0 Å². The maximum atomic E-state index is 12.8. The molecule has 1 spiro atoms. The second kappa shape index (κ2) is 7.35. The molecule has 1 aromatic heterocycles. The highest BCUT2D eigenvalue weighted by Crippen LogP contribution is 2.36. The fraction of sp³-hybridized carbons (Fsp3) is 0.722. The minimum absolute atomic E-state index is 0.0344. The summed E-state index contributed by atoms with van der Waals surface area (Å²) in [7, 11) is 0. The van der Waals surface area contributed by atoms with Crippen molar-refractivity contribution in [3.63, 3.8) is 0 Å². The lowest BCUT2D eigenvalue weighted by Crippen LogP contribution is -2.45. The number of amides is 1. The van der Waals surface area contributed by atoms with Crippen molar-refractivity contribution in [1.82, 2.24) is 19.8 Å². The average molecular weight is 346 g/mol. The SMILES string of the molecule is O=C(c1cnccn1)N1CCOCC2(CCN(C3CCOCC3)C2)C1. The molecule has 1 unspecified atom stereocenters. The van der Waals surface area contributed by atoms with Crippen molar-refractivity contribution in [2.75, 3.05) is 52.6 Å². The van der Waals surface area contributed by atoms with Crippen LogP contribution in [0, 0.1) is 5.41 Å². The lowest BCUT2D eigenvalue weighted by molar-refractivity contribution is 0.0284. The molecule has 0 aliphatic carbocycles. The van der Waals surface area contributed by atoms with E-state index in [4.69, 9.17) is 9.47 Å². The normalized spacial score (nSPS) is 29.0. The van der Waals surface area contributed by atoms with Crippen LogP contribution in [0.15, 0.2) is 18.6 Å². The number of carbonyl (C=O) groups is 1. The first-order valence-corrected chi connectivity index (χ1v) is 9.21. The minimum Gasteiger partial charge on any atom is -0.381 e. The molecule has 3 fully saturated rings. The molecule has 7 nitrogen and oxygen atoms in total. The van der Waals surface area contributed by atoms with E-state index in [1.165, 1.54) is 0 Å². The topological polar surface area (TPSA) is 67.8 Å². The fourth-order valence-electron chi connectivity index (χ4n) is 4.32. The van der Waals surface area contributed by atoms with Crippen LogP contribution in [-0.2, 0) is 9.47 Å². The molecule has 4 heterocycles. The van der Waals surface area contributed by atoms with Gasteiger partial charge in [-0.3, -0.25) is 14.7 Å². The molecule has 3 saturated heterocycles. The van der Waals surface area contributed by atoms with Gasteiger partial charge in [-0.2, -0.15) is 0 Å². The van der Waals surface area contributed by atoms with E-state index in [0.717, 1.165) is 58.7 Å². The molecule has 3 aliphatic rings. The molecule has 0 saturated carbocycles. The highest BCUT2D eigenvalue weighted by atomic mass is 16.5. The number of carbonyl (C=O) groups excluding carboxylic acids is 1. The first kappa shape index (κ1) is 16.9. The lowest BCUT2D eigenvalue weighted by Gasteiger charge is -2.35. The smallest absolute Gasteiger partial charge is 0.274 e. The number of nitrogens with zero attached hydrogens (tertiary/aromatic N) is 4. The third kappa shape index (κ3) is 3.68. The second-order valence-corrected chi connectivity index (χ2v) is 7.43. The van der Waals surface area contributed by atoms with Crippen molar-refractivity contribution in [3.05, 3.63) is 24.3 Å². The van der Waals surface area contributed by atoms with Gasteiger partial charge in [0.25, 0.3) is 5.91 Å². The first-order valence-electron chi connectivity index (χ1n) is 9.21. The quantitative estimate of drug-likeness (QED) is 0.790. The molecule has 0 bridgehead atoms. The number of rotatable bonds is 2. The Morgan fingerprint density at radius 1 is 1.12 bits per heavy atom. The Hall–Kier alpha value is -1.57. The molecule has 25 heavy (non-hydrogen) atoms. The van der Waals surface area contributed by atoms with Crippen LogP contribution >= 0.6 is 0 Å². The molecule has 4 rings (SSSR count). The van der Waals surface area contributed by atoms with Gasteiger partial charge in [0.2, 0.25) is 0 Å². The van der Waals surface area contributed by atoms with E-state index in [0.29, 0.717) is 24.9 Å². The standard InChI is InChI=1S/C18H26N4O3/c23-17(16-11-19-4-5-20-16)22-7-10-25-14-18(13-22)3-6-21(12-18)15-1-8-24-9-2-15/h4-5,11,15H,1-3,6-10,12-14H2. The van der Waals surface area contributed by atoms with Gasteiger partial charge in [-0.1, -0.05) is 0 Å². The van der Waals surface area contributed by atoms with Crippen molar-refractivity contribution < 1.29 is 14.3 Å². The molecule has 0 aromatic carbocycles. The minimum atomic E-state index is -0.0394. The fourth-order valence-corrected chi connectivity index (χ4v) is 4.32. The van der Waals surface area contributed by atoms with E-state index in [9.17, 15) is 4.79 Å². The highest BCUT2D eigenvalue weighted by Gasteiger charge is 2.44. The molecule has 1 atom stereocenters. The number of hydrogen-bond acceptors (Lipinski definition) is 6. The zero-order chi connectivity index (χ0) is 17.1. The molecule has 3 aliphatic heterocycles. The van der Waals surface area contributed by atoms with Crippen LogP contribution in [0.1, 0.15) is 29.8 Å². The third-order valence-electron chi connectivity index (χ3n) is 5.68. The van der Waals surface area contributed by atoms with Gasteiger partial charge in [0, 0.05) is 56.7 Å². The van der Waals surface area contributed by atoms with Gasteiger partial charge in [0.05, 0.1) is 19.4 Å². The summed E-state index contributed by atoms with van der Waals surface area (Å²) in [4.78, 5) is 25.5. The van der Waals surface area contributed by atoms with Gasteiger partial charge in [-0.05, 0) is 25.8 Å². The van der Waals surface area contributed by atoms with Crippen LogP contribution in [-0.4, -0.2) is 84.3 Å². The average Bonchev–Trinajstić information content (AvgIpc) is 2.97. The first-order chi connectivity index (χ1) is 12.3. The maximum Gasteiger partial charge on any atom is 0.274 e. The second-order valence-electron chi connectivity index (χ2n) is 7.43. The number of ether oxygens (including phenoxy) is 2. The zero-order valence-corrected chi connectivity index (χ0v) is 14.6. The van der Waals surface area contributed by atoms with E-state index in [1.54, 1.807) is 18.6 Å². The Kier molecular flexibility index (Phi) is 4.96. The summed E-state index contributed by atoms with van der Waals surface area (Å²) < 4.78 is 11.4. The summed E-state index contributed by atoms with van der Waals surface area (Å²) in [6.07, 6.45) is 8.00. The number of likely N-dealkylation sites (tertiary alicyclic amines) is 1. The van der Waals surface area contributed by atoms with Crippen LogP contribution in [0.3, 0.4) is 0 Å². The Morgan fingerprint density at radius 2 is 2.00 bits per heavy atom. The molecule has 136 valence electrons. The van der Waals surface area contributed by atoms with Gasteiger partial charge < -0.3 is 14.4 Å². The zero-order valence-electron chi connectivity index (χ0n) is 14.6. The number of hydrogen-bond donors (Lipinski definition) is 0. The molecule has 1 aromatic rings. The Bertz CT molecular complexity index is 593. The van der Waals surface area contributed by atoms with Gasteiger partial charge in [0.15, 0.2) is 0 Å². The third-order valence-corrected chi connectivity index (χ3v) is 5.68. The van der Waals surface area contributed by atoms with Crippen LogP contribution < -0.4 is 0 Å². The predicted molar refractivity (Wildman–Crippen MR) is 91.2 cm³/mol.